The van der Waals surface area contributed by atoms with Gasteiger partial charge < -0.3 is 0 Å². The Kier molecular flexibility index (Phi) is 5.80. The van der Waals surface area contributed by atoms with E-state index in [0.717, 1.165) is 15.1 Å². The van der Waals surface area contributed by atoms with E-state index in [0.29, 0.717) is 5.75 Å². The van der Waals surface area contributed by atoms with Crippen LogP contribution in [0.25, 0.3) is 0 Å². The van der Waals surface area contributed by atoms with Crippen LogP contribution in [-0.2, 0) is 0 Å². The molecule has 2 aromatic rings. The van der Waals surface area contributed by atoms with E-state index < -0.39 is 0 Å². The molecular weight excluding hydrogens is 355 g/mol. The topological polar surface area (TPSA) is 55.9 Å². The van der Waals surface area contributed by atoms with E-state index in [2.05, 4.69) is 40.3 Å². The Bertz CT molecular complexity index is 602. The van der Waals surface area contributed by atoms with Gasteiger partial charge >= 0.3 is 0 Å². The second-order valence-corrected chi connectivity index (χ2v) is 6.85. The van der Waals surface area contributed by atoms with Gasteiger partial charge in [-0.05, 0) is 48.0 Å². The van der Waals surface area contributed by atoms with Crippen LogP contribution in [0.5, 0.6) is 0 Å². The molecule has 0 aliphatic heterocycles. The summed E-state index contributed by atoms with van der Waals surface area (Å²) in [7, 11) is 0. The highest BCUT2D eigenvalue weighted by molar-refractivity contribution is 9.10. The van der Waals surface area contributed by atoms with E-state index in [-0.39, 0.29) is 17.9 Å². The number of thioether (sulfide) groups is 1. The number of benzene rings is 1. The number of nitrogens with two attached hydrogens (primary N) is 1. The predicted molar refractivity (Wildman–Crippen MR) is 87.5 cm³/mol. The van der Waals surface area contributed by atoms with Crippen LogP contribution in [0, 0.1) is 5.82 Å². The van der Waals surface area contributed by atoms with Crippen molar-refractivity contribution in [1.82, 2.24) is 15.2 Å². The molecule has 0 saturated carbocycles. The van der Waals surface area contributed by atoms with Gasteiger partial charge in [-0.1, -0.05) is 6.07 Å². The maximum Gasteiger partial charge on any atom is 0.124 e. The summed E-state index contributed by atoms with van der Waals surface area (Å²) in [6.45, 7) is 4.13. The van der Waals surface area contributed by atoms with Gasteiger partial charge in [0.1, 0.15) is 5.82 Å². The highest BCUT2D eigenvalue weighted by Crippen LogP contribution is 2.30. The molecule has 0 spiro atoms. The van der Waals surface area contributed by atoms with Crippen LogP contribution in [0.1, 0.15) is 31.6 Å². The van der Waals surface area contributed by atoms with Crippen molar-refractivity contribution >= 4 is 27.7 Å². The van der Waals surface area contributed by atoms with Crippen molar-refractivity contribution < 1.29 is 4.39 Å². The molecule has 0 aliphatic rings. The van der Waals surface area contributed by atoms with Gasteiger partial charge in [-0.3, -0.25) is 16.0 Å². The first-order valence-corrected chi connectivity index (χ1v) is 8.38. The van der Waals surface area contributed by atoms with Gasteiger partial charge in [0.25, 0.3) is 0 Å². The number of hydrazine groups is 1. The summed E-state index contributed by atoms with van der Waals surface area (Å²) >= 11 is 5.07. The van der Waals surface area contributed by atoms with Crippen LogP contribution >= 0.6 is 27.7 Å². The molecule has 1 unspecified atom stereocenters. The summed E-state index contributed by atoms with van der Waals surface area (Å²) in [5.74, 6) is 6.14. The van der Waals surface area contributed by atoms with Gasteiger partial charge in [0, 0.05) is 16.7 Å². The van der Waals surface area contributed by atoms with Crippen molar-refractivity contribution in [2.75, 3.05) is 5.75 Å². The van der Waals surface area contributed by atoms with Gasteiger partial charge in [-0.25, -0.2) is 4.39 Å². The number of hydrogen-bond acceptors (Lipinski definition) is 4. The molecule has 7 heteroatoms. The van der Waals surface area contributed by atoms with E-state index in [1.54, 1.807) is 24.0 Å². The van der Waals surface area contributed by atoms with E-state index >= 15 is 0 Å². The number of aromatic nitrogens is 2. The number of nitrogens with zero attached hydrogens (tertiary/aromatic N) is 2. The smallest absolute Gasteiger partial charge is 0.124 e. The second-order valence-electron chi connectivity index (χ2n) is 4.90. The standard InChI is InChI=1S/C14H18BrFN4S/c1-9(2)20-14(12(15)7-18-20)13(19-17)8-21-11-5-3-4-10(16)6-11/h3-7,9,13,19H,8,17H2,1-2H3. The molecule has 1 aromatic heterocycles. The van der Waals surface area contributed by atoms with Crippen LogP contribution in [0.15, 0.2) is 39.8 Å². The third kappa shape index (κ3) is 4.06. The third-order valence-corrected chi connectivity index (χ3v) is 4.72. The summed E-state index contributed by atoms with van der Waals surface area (Å²) in [6.07, 6.45) is 1.77. The summed E-state index contributed by atoms with van der Waals surface area (Å²) in [6, 6.07) is 6.70. The molecule has 114 valence electrons. The molecule has 0 amide bonds. The average Bonchev–Trinajstić information content (AvgIpc) is 2.82. The Hall–Kier alpha value is -0.890. The maximum absolute atomic E-state index is 13.2. The zero-order valence-corrected chi connectivity index (χ0v) is 14.3. The zero-order chi connectivity index (χ0) is 15.4. The van der Waals surface area contributed by atoms with Crippen molar-refractivity contribution in [3.8, 4) is 0 Å². The number of halogens is 2. The molecule has 0 fully saturated rings. The highest BCUT2D eigenvalue weighted by Gasteiger charge is 2.20. The Morgan fingerprint density at radius 2 is 2.24 bits per heavy atom. The van der Waals surface area contributed by atoms with E-state index in [9.17, 15) is 4.39 Å². The molecule has 1 atom stereocenters. The summed E-state index contributed by atoms with van der Waals surface area (Å²) in [4.78, 5) is 0.877. The fourth-order valence-corrected chi connectivity index (χ4v) is 3.56. The van der Waals surface area contributed by atoms with E-state index in [4.69, 9.17) is 5.84 Å². The molecule has 3 N–H and O–H groups in total. The molecule has 2 rings (SSSR count). The Labute approximate surface area is 136 Å². The van der Waals surface area contributed by atoms with Crippen molar-refractivity contribution in [3.05, 3.63) is 46.4 Å². The average molecular weight is 373 g/mol. The Morgan fingerprint density at radius 3 is 2.86 bits per heavy atom. The van der Waals surface area contributed by atoms with Gasteiger partial charge in [0.15, 0.2) is 0 Å². The molecule has 0 aliphatic carbocycles. The van der Waals surface area contributed by atoms with Crippen LogP contribution in [0.4, 0.5) is 4.39 Å². The van der Waals surface area contributed by atoms with Crippen molar-refractivity contribution in [1.29, 1.82) is 0 Å². The lowest BCUT2D eigenvalue weighted by Crippen LogP contribution is -2.32. The summed E-state index contributed by atoms with van der Waals surface area (Å²) in [5.41, 5.74) is 3.82. The first kappa shape index (κ1) is 16.5. The van der Waals surface area contributed by atoms with Crippen LogP contribution in [0.2, 0.25) is 0 Å². The maximum atomic E-state index is 13.2. The second kappa shape index (κ2) is 7.40. The van der Waals surface area contributed by atoms with Gasteiger partial charge in [0.05, 0.1) is 22.4 Å². The van der Waals surface area contributed by atoms with Crippen molar-refractivity contribution in [3.63, 3.8) is 0 Å². The highest BCUT2D eigenvalue weighted by atomic mass is 79.9. The van der Waals surface area contributed by atoms with Crippen LogP contribution < -0.4 is 11.3 Å². The van der Waals surface area contributed by atoms with Gasteiger partial charge in [-0.15, -0.1) is 11.8 Å². The Morgan fingerprint density at radius 1 is 1.48 bits per heavy atom. The fraction of sp³-hybridized carbons (Fsp3) is 0.357. The van der Waals surface area contributed by atoms with Gasteiger partial charge in [-0.2, -0.15) is 5.10 Å². The van der Waals surface area contributed by atoms with E-state index in [1.165, 1.54) is 12.1 Å². The van der Waals surface area contributed by atoms with Crippen molar-refractivity contribution in [2.45, 2.75) is 30.8 Å². The quantitative estimate of drug-likeness (QED) is 0.461. The molecular formula is C14H18BrFN4S. The van der Waals surface area contributed by atoms with Gasteiger partial charge in [0.2, 0.25) is 0 Å². The third-order valence-electron chi connectivity index (χ3n) is 3.02. The minimum atomic E-state index is -0.231. The monoisotopic (exact) mass is 372 g/mol. The molecule has 0 saturated heterocycles. The first-order chi connectivity index (χ1) is 10.0. The van der Waals surface area contributed by atoms with Crippen LogP contribution in [0.3, 0.4) is 0 Å². The zero-order valence-electron chi connectivity index (χ0n) is 11.9. The summed E-state index contributed by atoms with van der Waals surface area (Å²) in [5, 5.41) is 4.36. The molecule has 21 heavy (non-hydrogen) atoms. The lowest BCUT2D eigenvalue weighted by molar-refractivity contribution is 0.467. The lowest BCUT2D eigenvalue weighted by atomic mass is 10.2. The lowest BCUT2D eigenvalue weighted by Gasteiger charge is -2.20. The number of hydrogen-bond donors (Lipinski definition) is 2. The minimum Gasteiger partial charge on any atom is -0.271 e. The molecule has 4 nitrogen and oxygen atoms in total. The molecule has 1 aromatic carbocycles. The SMILES string of the molecule is CC(C)n1ncc(Br)c1C(CSc1cccc(F)c1)NN. The molecule has 0 bridgehead atoms. The largest absolute Gasteiger partial charge is 0.271 e. The molecule has 1 heterocycles. The van der Waals surface area contributed by atoms with Crippen molar-refractivity contribution in [2.24, 2.45) is 5.84 Å². The number of nitrogens with one attached hydrogen (secondary N) is 1. The predicted octanol–water partition coefficient (Wildman–Crippen LogP) is 3.66. The Balaban J connectivity index is 2.15. The normalized spacial score (nSPS) is 12.9. The fourth-order valence-electron chi connectivity index (χ4n) is 2.03. The van der Waals surface area contributed by atoms with Crippen LogP contribution in [-0.4, -0.2) is 15.5 Å². The van der Waals surface area contributed by atoms with E-state index in [1.807, 2.05) is 10.7 Å². The summed E-state index contributed by atoms with van der Waals surface area (Å²) < 4.78 is 16.1. The minimum absolute atomic E-state index is 0.0856. The number of rotatable bonds is 6. The molecule has 0 radical (unpaired) electrons. The first-order valence-electron chi connectivity index (χ1n) is 6.60.